The summed E-state index contributed by atoms with van der Waals surface area (Å²) in [4.78, 5) is 0. The van der Waals surface area contributed by atoms with Gasteiger partial charge in [0.25, 0.3) is 0 Å². The number of hydrazone groups is 1. The molecule has 0 amide bonds. The normalized spacial score (nSPS) is 11.2. The lowest BCUT2D eigenvalue weighted by molar-refractivity contribution is 0.335. The smallest absolute Gasteiger partial charge is 0.123 e. The van der Waals surface area contributed by atoms with Gasteiger partial charge in [0, 0.05) is 0 Å². The Bertz CT molecular complexity index is 879. The van der Waals surface area contributed by atoms with Crippen LogP contribution in [0.2, 0.25) is 0 Å². The van der Waals surface area contributed by atoms with Crippen LogP contribution in [-0.4, -0.2) is 12.8 Å². The second kappa shape index (κ2) is 9.23. The van der Waals surface area contributed by atoms with Crippen molar-refractivity contribution in [1.82, 2.24) is 0 Å². The van der Waals surface area contributed by atoms with Gasteiger partial charge in [0.15, 0.2) is 0 Å². The van der Waals surface area contributed by atoms with E-state index in [-0.39, 0.29) is 0 Å². The molecule has 0 fully saturated rings. The van der Waals surface area contributed by atoms with Gasteiger partial charge in [0.2, 0.25) is 0 Å². The van der Waals surface area contributed by atoms with E-state index in [1.165, 1.54) is 5.56 Å². The van der Waals surface area contributed by atoms with E-state index in [0.29, 0.717) is 12.5 Å². The first-order chi connectivity index (χ1) is 13.6. The summed E-state index contributed by atoms with van der Waals surface area (Å²) in [6.45, 7) is 9.17. The summed E-state index contributed by atoms with van der Waals surface area (Å²) >= 11 is 0. The quantitative estimate of drug-likeness (QED) is 0.341. The van der Waals surface area contributed by atoms with E-state index < -0.39 is 0 Å². The summed E-state index contributed by atoms with van der Waals surface area (Å²) in [5.74, 6) is 1.35. The van der Waals surface area contributed by atoms with Gasteiger partial charge < -0.3 is 4.74 Å². The Labute approximate surface area is 168 Å². The van der Waals surface area contributed by atoms with E-state index in [2.05, 4.69) is 57.2 Å². The Kier molecular flexibility index (Phi) is 6.49. The summed E-state index contributed by atoms with van der Waals surface area (Å²) in [7, 11) is 0. The molecule has 144 valence electrons. The molecule has 3 aromatic carbocycles. The minimum absolute atomic E-state index is 0.383. The number of para-hydroxylation sites is 2. The monoisotopic (exact) mass is 372 g/mol. The van der Waals surface area contributed by atoms with Gasteiger partial charge in [-0.1, -0.05) is 50.2 Å². The molecule has 28 heavy (non-hydrogen) atoms. The average Bonchev–Trinajstić information content (AvgIpc) is 2.71. The lowest BCUT2D eigenvalue weighted by Crippen LogP contribution is -2.09. The maximum atomic E-state index is 5.84. The lowest BCUT2D eigenvalue weighted by atomic mass is 9.97. The van der Waals surface area contributed by atoms with Gasteiger partial charge in [0.1, 0.15) is 5.75 Å². The van der Waals surface area contributed by atoms with Crippen LogP contribution in [0.5, 0.6) is 5.75 Å². The average molecular weight is 373 g/mol. The highest BCUT2D eigenvalue weighted by Gasteiger charge is 2.12. The zero-order valence-corrected chi connectivity index (χ0v) is 17.1. The number of aryl methyl sites for hydroxylation is 1. The summed E-state index contributed by atoms with van der Waals surface area (Å²) in [6, 6.07) is 24.7. The molecule has 0 saturated carbocycles. The zero-order valence-electron chi connectivity index (χ0n) is 17.1. The van der Waals surface area contributed by atoms with E-state index in [9.17, 15) is 0 Å². The van der Waals surface area contributed by atoms with Gasteiger partial charge in [-0.25, -0.2) is 5.01 Å². The molecular formula is C25H28N2O. The van der Waals surface area contributed by atoms with Gasteiger partial charge >= 0.3 is 0 Å². The first-order valence-corrected chi connectivity index (χ1v) is 9.81. The summed E-state index contributed by atoms with van der Waals surface area (Å²) in [5, 5.41) is 6.80. The minimum Gasteiger partial charge on any atom is -0.494 e. The third-order valence-electron chi connectivity index (χ3n) is 4.63. The molecule has 0 atom stereocenters. The molecule has 0 radical (unpaired) electrons. The van der Waals surface area contributed by atoms with Crippen LogP contribution < -0.4 is 9.75 Å². The summed E-state index contributed by atoms with van der Waals surface area (Å²) in [6.07, 6.45) is 1.94. The SMILES string of the molecule is CCOc1cc(C)c(C=NN(c2ccccc2)c2ccccc2)cc1C(C)C. The fourth-order valence-electron chi connectivity index (χ4n) is 3.13. The molecule has 0 unspecified atom stereocenters. The van der Waals surface area contributed by atoms with Crippen LogP contribution in [0.4, 0.5) is 11.4 Å². The summed E-state index contributed by atoms with van der Waals surface area (Å²) < 4.78 is 5.84. The van der Waals surface area contributed by atoms with Crippen molar-refractivity contribution in [3.05, 3.63) is 89.5 Å². The summed E-state index contributed by atoms with van der Waals surface area (Å²) in [5.41, 5.74) is 5.51. The third-order valence-corrected chi connectivity index (χ3v) is 4.63. The van der Waals surface area contributed by atoms with E-state index in [4.69, 9.17) is 9.84 Å². The molecule has 3 nitrogen and oxygen atoms in total. The van der Waals surface area contributed by atoms with Crippen molar-refractivity contribution in [2.24, 2.45) is 5.10 Å². The van der Waals surface area contributed by atoms with Crippen molar-refractivity contribution in [3.63, 3.8) is 0 Å². The number of ether oxygens (including phenoxy) is 1. The maximum Gasteiger partial charge on any atom is 0.123 e. The lowest BCUT2D eigenvalue weighted by Gasteiger charge is -2.20. The molecule has 3 aromatic rings. The van der Waals surface area contributed by atoms with Crippen molar-refractivity contribution in [3.8, 4) is 5.75 Å². The van der Waals surface area contributed by atoms with Gasteiger partial charge in [-0.2, -0.15) is 5.10 Å². The van der Waals surface area contributed by atoms with Crippen LogP contribution in [0.25, 0.3) is 0 Å². The topological polar surface area (TPSA) is 24.8 Å². The fourth-order valence-corrected chi connectivity index (χ4v) is 3.13. The Morgan fingerprint density at radius 1 is 0.929 bits per heavy atom. The molecule has 3 heteroatoms. The number of benzene rings is 3. The van der Waals surface area contributed by atoms with Gasteiger partial charge in [-0.15, -0.1) is 0 Å². The number of rotatable bonds is 7. The third kappa shape index (κ3) is 4.61. The zero-order chi connectivity index (χ0) is 19.9. The van der Waals surface area contributed by atoms with E-state index in [1.807, 2.05) is 54.5 Å². The van der Waals surface area contributed by atoms with Gasteiger partial charge in [-0.05, 0) is 72.9 Å². The van der Waals surface area contributed by atoms with Crippen molar-refractivity contribution in [1.29, 1.82) is 0 Å². The highest BCUT2D eigenvalue weighted by molar-refractivity contribution is 5.84. The molecule has 0 aliphatic carbocycles. The molecule has 0 bridgehead atoms. The van der Waals surface area contributed by atoms with Crippen LogP contribution in [0.3, 0.4) is 0 Å². The molecule has 0 aliphatic rings. The standard InChI is InChI=1S/C25H28N2O/c1-5-28-25-16-20(4)21(17-24(25)19(2)3)18-26-27(22-12-8-6-9-13-22)23-14-10-7-11-15-23/h6-19H,5H2,1-4H3. The van der Waals surface area contributed by atoms with Crippen molar-refractivity contribution >= 4 is 17.6 Å². The Morgan fingerprint density at radius 2 is 1.50 bits per heavy atom. The number of nitrogens with zero attached hydrogens (tertiary/aromatic N) is 2. The van der Waals surface area contributed by atoms with Crippen molar-refractivity contribution < 1.29 is 4.74 Å². The number of hydrogen-bond donors (Lipinski definition) is 0. The Balaban J connectivity index is 2.00. The van der Waals surface area contributed by atoms with Crippen LogP contribution >= 0.6 is 0 Å². The second-order valence-electron chi connectivity index (χ2n) is 7.06. The van der Waals surface area contributed by atoms with Crippen LogP contribution in [0.1, 0.15) is 43.4 Å². The largest absolute Gasteiger partial charge is 0.494 e. The maximum absolute atomic E-state index is 5.84. The minimum atomic E-state index is 0.383. The predicted octanol–water partition coefficient (Wildman–Crippen LogP) is 6.69. The Hall–Kier alpha value is -3.07. The number of hydrogen-bond acceptors (Lipinski definition) is 3. The molecule has 0 N–H and O–H groups in total. The first-order valence-electron chi connectivity index (χ1n) is 9.81. The van der Waals surface area contributed by atoms with Crippen LogP contribution in [0, 0.1) is 6.92 Å². The van der Waals surface area contributed by atoms with Crippen LogP contribution in [-0.2, 0) is 0 Å². The molecule has 0 saturated heterocycles. The van der Waals surface area contributed by atoms with Crippen molar-refractivity contribution in [2.75, 3.05) is 11.6 Å². The molecule has 0 spiro atoms. The highest BCUT2D eigenvalue weighted by Crippen LogP contribution is 2.30. The predicted molar refractivity (Wildman–Crippen MR) is 119 cm³/mol. The number of anilines is 2. The van der Waals surface area contributed by atoms with E-state index >= 15 is 0 Å². The van der Waals surface area contributed by atoms with Gasteiger partial charge in [-0.3, -0.25) is 0 Å². The van der Waals surface area contributed by atoms with E-state index in [1.54, 1.807) is 0 Å². The molecular weight excluding hydrogens is 344 g/mol. The molecule has 0 aromatic heterocycles. The first kappa shape index (κ1) is 19.7. The van der Waals surface area contributed by atoms with Crippen LogP contribution in [0.15, 0.2) is 77.9 Å². The molecule has 3 rings (SSSR count). The second-order valence-corrected chi connectivity index (χ2v) is 7.06. The molecule has 0 heterocycles. The van der Waals surface area contributed by atoms with Crippen molar-refractivity contribution in [2.45, 2.75) is 33.6 Å². The van der Waals surface area contributed by atoms with Gasteiger partial charge in [0.05, 0.1) is 24.2 Å². The fraction of sp³-hybridized carbons (Fsp3) is 0.240. The highest BCUT2D eigenvalue weighted by atomic mass is 16.5. The Morgan fingerprint density at radius 3 is 2.00 bits per heavy atom. The molecule has 0 aliphatic heterocycles. The van der Waals surface area contributed by atoms with E-state index in [0.717, 1.165) is 28.3 Å².